The van der Waals surface area contributed by atoms with Gasteiger partial charge in [0.05, 0.1) is 9.31 Å². The second kappa shape index (κ2) is 6.83. The van der Waals surface area contributed by atoms with Crippen LogP contribution in [-0.2, 0) is 22.8 Å². The molecule has 0 aromatic heterocycles. The van der Waals surface area contributed by atoms with E-state index in [1.807, 2.05) is 39.0 Å². The Morgan fingerprint density at radius 1 is 1.41 bits per heavy atom. The summed E-state index contributed by atoms with van der Waals surface area (Å²) in [6.45, 7) is 5.53. The van der Waals surface area contributed by atoms with Gasteiger partial charge >= 0.3 is 5.97 Å². The summed E-state index contributed by atoms with van der Waals surface area (Å²) in [5.74, 6) is -0.234. The third-order valence-electron chi connectivity index (χ3n) is 4.48. The minimum atomic E-state index is -0.545. The molecule has 1 aromatic carbocycles. The monoisotopic (exact) mass is 432 g/mol. The first-order chi connectivity index (χ1) is 10.3. The van der Waals surface area contributed by atoms with Crippen molar-refractivity contribution in [1.29, 1.82) is 0 Å². The van der Waals surface area contributed by atoms with Crippen LogP contribution in [-0.4, -0.2) is 5.97 Å². The number of esters is 1. The van der Waals surface area contributed by atoms with Crippen LogP contribution in [0.1, 0.15) is 30.5 Å². The Kier molecular flexibility index (Phi) is 5.49. The summed E-state index contributed by atoms with van der Waals surface area (Å²) >= 11 is 6.66. The van der Waals surface area contributed by atoms with Gasteiger partial charge in [-0.25, -0.2) is 4.39 Å². The van der Waals surface area contributed by atoms with Crippen molar-refractivity contribution in [3.63, 3.8) is 0 Å². The van der Waals surface area contributed by atoms with Crippen molar-refractivity contribution < 1.29 is 13.9 Å². The van der Waals surface area contributed by atoms with E-state index >= 15 is 0 Å². The second-order valence-electron chi connectivity index (χ2n) is 6.24. The van der Waals surface area contributed by atoms with Gasteiger partial charge < -0.3 is 4.74 Å². The van der Waals surface area contributed by atoms with Crippen molar-refractivity contribution in [2.45, 2.75) is 34.1 Å². The summed E-state index contributed by atoms with van der Waals surface area (Å²) in [6.07, 6.45) is 1.98. The average Bonchev–Trinajstić information content (AvgIpc) is 2.96. The third-order valence-corrected chi connectivity index (χ3v) is 5.01. The lowest BCUT2D eigenvalue weighted by Crippen LogP contribution is -2.11. The first kappa shape index (κ1) is 17.7. The first-order valence-corrected chi connectivity index (χ1v) is 8.70. The number of hydrogen-bond acceptors (Lipinski definition) is 2. The number of rotatable bonds is 5. The Labute approximate surface area is 147 Å². The Morgan fingerprint density at radius 2 is 2.09 bits per heavy atom. The Morgan fingerprint density at radius 3 is 2.68 bits per heavy atom. The van der Waals surface area contributed by atoms with Gasteiger partial charge in [0.25, 0.3) is 0 Å². The van der Waals surface area contributed by atoms with Gasteiger partial charge in [-0.3, -0.25) is 4.79 Å². The lowest BCUT2D eigenvalue weighted by molar-refractivity contribution is -0.147. The van der Waals surface area contributed by atoms with E-state index in [0.717, 1.165) is 14.5 Å². The highest BCUT2D eigenvalue weighted by atomic mass is 79.9. The van der Waals surface area contributed by atoms with Gasteiger partial charge in [0.2, 0.25) is 0 Å². The molecular formula is C17H19Br2FO2. The van der Waals surface area contributed by atoms with Crippen molar-refractivity contribution >= 4 is 37.8 Å². The van der Waals surface area contributed by atoms with E-state index < -0.39 is 6.67 Å². The summed E-state index contributed by atoms with van der Waals surface area (Å²) < 4.78 is 19.4. The molecule has 2 atom stereocenters. The molecule has 0 amide bonds. The van der Waals surface area contributed by atoms with Crippen LogP contribution in [0.4, 0.5) is 4.39 Å². The lowest BCUT2D eigenvalue weighted by atomic mass is 10.0. The first-order valence-electron chi connectivity index (χ1n) is 7.11. The van der Waals surface area contributed by atoms with Gasteiger partial charge in [0.1, 0.15) is 13.3 Å². The zero-order chi connectivity index (χ0) is 16.5. The number of carbonyl (C=O) groups is 1. The minimum absolute atomic E-state index is 0.112. The van der Waals surface area contributed by atoms with Crippen molar-refractivity contribution in [2.75, 3.05) is 0 Å². The summed E-state index contributed by atoms with van der Waals surface area (Å²) in [7, 11) is 0. The van der Waals surface area contributed by atoms with E-state index in [1.165, 1.54) is 0 Å². The van der Waals surface area contributed by atoms with E-state index in [4.69, 9.17) is 4.74 Å². The molecule has 0 spiro atoms. The van der Waals surface area contributed by atoms with Gasteiger partial charge in [0, 0.05) is 0 Å². The van der Waals surface area contributed by atoms with Crippen molar-refractivity contribution in [3.8, 4) is 0 Å². The van der Waals surface area contributed by atoms with E-state index in [1.54, 1.807) is 6.07 Å². The van der Waals surface area contributed by atoms with E-state index in [2.05, 4.69) is 31.9 Å². The molecule has 0 saturated heterocycles. The molecule has 0 bridgehead atoms. The summed E-state index contributed by atoms with van der Waals surface area (Å²) in [5, 5.41) is 0. The predicted octanol–water partition coefficient (Wildman–Crippen LogP) is 5.41. The highest BCUT2D eigenvalue weighted by Crippen LogP contribution is 2.60. The van der Waals surface area contributed by atoms with Gasteiger partial charge in [0.15, 0.2) is 0 Å². The number of halogens is 3. The fourth-order valence-corrected chi connectivity index (χ4v) is 3.47. The molecule has 5 heteroatoms. The highest BCUT2D eigenvalue weighted by Gasteiger charge is 2.61. The van der Waals surface area contributed by atoms with Crippen LogP contribution in [0.2, 0.25) is 0 Å². The zero-order valence-corrected chi connectivity index (χ0v) is 16.0. The molecule has 1 fully saturated rings. The molecule has 1 saturated carbocycles. The number of carbonyl (C=O) groups excluding carboxylic acids is 1. The van der Waals surface area contributed by atoms with Crippen LogP contribution >= 0.6 is 31.9 Å². The van der Waals surface area contributed by atoms with Crippen LogP contribution in [0.25, 0.3) is 0 Å². The highest BCUT2D eigenvalue weighted by molar-refractivity contribution is 9.28. The number of alkyl halides is 1. The molecule has 2 unspecified atom stereocenters. The van der Waals surface area contributed by atoms with Crippen molar-refractivity contribution in [3.05, 3.63) is 44.4 Å². The average molecular weight is 434 g/mol. The van der Waals surface area contributed by atoms with E-state index in [9.17, 15) is 9.18 Å². The van der Waals surface area contributed by atoms with Gasteiger partial charge in [-0.1, -0.05) is 38.1 Å². The van der Waals surface area contributed by atoms with E-state index in [-0.39, 0.29) is 29.8 Å². The number of aryl methyl sites for hydroxylation is 1. The smallest absolute Gasteiger partial charge is 0.310 e. The molecule has 2 nitrogen and oxygen atoms in total. The third kappa shape index (κ3) is 3.62. The molecular weight excluding hydrogens is 415 g/mol. The lowest BCUT2D eigenvalue weighted by Gasteiger charge is -2.11. The number of allylic oxidation sites excluding steroid dienone is 1. The Balaban J connectivity index is 2.03. The summed E-state index contributed by atoms with van der Waals surface area (Å²) in [6, 6.07) is 5.52. The molecule has 1 aromatic rings. The van der Waals surface area contributed by atoms with Crippen LogP contribution < -0.4 is 0 Å². The molecule has 0 heterocycles. The van der Waals surface area contributed by atoms with Crippen LogP contribution in [0.15, 0.2) is 27.7 Å². The Bertz CT molecular complexity index is 607. The maximum atomic E-state index is 13.1. The van der Waals surface area contributed by atoms with Gasteiger partial charge in [-0.2, -0.15) is 0 Å². The Hall–Kier alpha value is -0.680. The maximum Gasteiger partial charge on any atom is 0.310 e. The van der Waals surface area contributed by atoms with Crippen LogP contribution in [0, 0.1) is 24.2 Å². The molecule has 2 rings (SSSR count). The van der Waals surface area contributed by atoms with Gasteiger partial charge in [-0.05, 0) is 66.8 Å². The van der Waals surface area contributed by atoms with Crippen LogP contribution in [0.5, 0.6) is 0 Å². The molecule has 0 N–H and O–H groups in total. The maximum absolute atomic E-state index is 13.1. The minimum Gasteiger partial charge on any atom is -0.461 e. The molecule has 22 heavy (non-hydrogen) atoms. The number of benzene rings is 1. The zero-order valence-electron chi connectivity index (χ0n) is 12.8. The normalized spacial score (nSPS) is 22.1. The molecule has 1 aliphatic carbocycles. The standard InChI is InChI=1S/C17H19Br2FO2/c1-10-5-4-6-11(12(10)8-20)9-22-16(21)15-13(7-14(18)19)17(15,2)3/h4-7,13,15H,8-9H2,1-3H3. The quantitative estimate of drug-likeness (QED) is 0.580. The van der Waals surface area contributed by atoms with Gasteiger partial charge in [-0.15, -0.1) is 0 Å². The molecule has 0 radical (unpaired) electrons. The predicted molar refractivity (Wildman–Crippen MR) is 92.5 cm³/mol. The van der Waals surface area contributed by atoms with E-state index in [0.29, 0.717) is 5.56 Å². The summed E-state index contributed by atoms with van der Waals surface area (Å²) in [5.41, 5.74) is 2.12. The fraction of sp³-hybridized carbons (Fsp3) is 0.471. The van der Waals surface area contributed by atoms with Crippen molar-refractivity contribution in [1.82, 2.24) is 0 Å². The van der Waals surface area contributed by atoms with Crippen molar-refractivity contribution in [2.24, 2.45) is 17.3 Å². The second-order valence-corrected chi connectivity index (χ2v) is 9.01. The molecule has 0 aliphatic heterocycles. The summed E-state index contributed by atoms with van der Waals surface area (Å²) in [4.78, 5) is 12.3. The SMILES string of the molecule is Cc1cccc(COC(=O)C2C(C=C(Br)Br)C2(C)C)c1CF. The number of hydrogen-bond donors (Lipinski definition) is 0. The molecule has 120 valence electrons. The van der Waals surface area contributed by atoms with Crippen LogP contribution in [0.3, 0.4) is 0 Å². The molecule has 1 aliphatic rings. The topological polar surface area (TPSA) is 26.3 Å². The number of ether oxygens (including phenoxy) is 1. The largest absolute Gasteiger partial charge is 0.461 e. The fourth-order valence-electron chi connectivity index (χ4n) is 2.90.